The van der Waals surface area contributed by atoms with Gasteiger partial charge < -0.3 is 9.26 Å². The third-order valence-corrected chi connectivity index (χ3v) is 3.51. The number of carbonyl (C=O) groups excluding carboxylic acids is 1. The van der Waals surface area contributed by atoms with Crippen molar-refractivity contribution in [2.24, 2.45) is 0 Å². The van der Waals surface area contributed by atoms with Crippen LogP contribution in [0.25, 0.3) is 11.4 Å². The minimum absolute atomic E-state index is 0.0488. The number of aromatic nitrogens is 5. The van der Waals surface area contributed by atoms with E-state index >= 15 is 0 Å². The molecule has 3 aromatic heterocycles. The smallest absolute Gasteiger partial charge is 0.359 e. The minimum Gasteiger partial charge on any atom is -0.451 e. The Hall–Kier alpha value is -3.36. The molecule has 0 aromatic carbocycles. The third-order valence-electron chi connectivity index (χ3n) is 3.51. The van der Waals surface area contributed by atoms with E-state index < -0.39 is 5.97 Å². The van der Waals surface area contributed by atoms with Crippen molar-refractivity contribution in [1.82, 2.24) is 24.9 Å². The first-order valence-corrected chi connectivity index (χ1v) is 8.15. The Morgan fingerprint density at radius 3 is 2.96 bits per heavy atom. The van der Waals surface area contributed by atoms with Crippen LogP contribution < -0.4 is 5.56 Å². The van der Waals surface area contributed by atoms with E-state index in [1.807, 2.05) is 6.92 Å². The maximum Gasteiger partial charge on any atom is 0.359 e. The maximum absolute atomic E-state index is 12.1. The summed E-state index contributed by atoms with van der Waals surface area (Å²) in [6, 6.07) is 6.18. The van der Waals surface area contributed by atoms with Crippen LogP contribution in [0.3, 0.4) is 0 Å². The molecule has 0 fully saturated rings. The fourth-order valence-corrected chi connectivity index (χ4v) is 2.15. The number of aryl methyl sites for hydroxylation is 1. The number of esters is 1. The zero-order valence-corrected chi connectivity index (χ0v) is 14.2. The van der Waals surface area contributed by atoms with Crippen molar-refractivity contribution in [2.45, 2.75) is 32.9 Å². The second-order valence-electron chi connectivity index (χ2n) is 5.46. The van der Waals surface area contributed by atoms with E-state index in [-0.39, 0.29) is 23.8 Å². The fourth-order valence-electron chi connectivity index (χ4n) is 2.15. The van der Waals surface area contributed by atoms with Gasteiger partial charge in [0.2, 0.25) is 5.82 Å². The minimum atomic E-state index is -0.670. The lowest BCUT2D eigenvalue weighted by molar-refractivity contribution is 0.0419. The molecule has 26 heavy (non-hydrogen) atoms. The summed E-state index contributed by atoms with van der Waals surface area (Å²) in [5.74, 6) is -0.164. The van der Waals surface area contributed by atoms with Crippen LogP contribution >= 0.6 is 0 Å². The number of hydrogen-bond donors (Lipinski definition) is 0. The molecule has 0 aliphatic heterocycles. The molecule has 9 heteroatoms. The molecule has 0 N–H and O–H groups in total. The predicted molar refractivity (Wildman–Crippen MR) is 90.1 cm³/mol. The van der Waals surface area contributed by atoms with Gasteiger partial charge >= 0.3 is 5.97 Å². The van der Waals surface area contributed by atoms with Crippen LogP contribution in [-0.4, -0.2) is 30.9 Å². The zero-order chi connectivity index (χ0) is 18.4. The largest absolute Gasteiger partial charge is 0.451 e. The maximum atomic E-state index is 12.1. The number of pyridine rings is 1. The van der Waals surface area contributed by atoms with Crippen molar-refractivity contribution in [1.29, 1.82) is 0 Å². The second kappa shape index (κ2) is 8.15. The molecule has 9 nitrogen and oxygen atoms in total. The van der Waals surface area contributed by atoms with E-state index in [9.17, 15) is 9.59 Å². The number of rotatable bonds is 7. The van der Waals surface area contributed by atoms with Crippen molar-refractivity contribution >= 4 is 5.97 Å². The van der Waals surface area contributed by atoms with Gasteiger partial charge in [-0.3, -0.25) is 9.78 Å². The van der Waals surface area contributed by atoms with Crippen molar-refractivity contribution in [3.63, 3.8) is 0 Å². The molecule has 134 valence electrons. The molecule has 0 aliphatic rings. The second-order valence-corrected chi connectivity index (χ2v) is 5.46. The van der Waals surface area contributed by atoms with Gasteiger partial charge in [-0.25, -0.2) is 9.48 Å². The van der Waals surface area contributed by atoms with E-state index in [2.05, 4.69) is 20.2 Å². The summed E-state index contributed by atoms with van der Waals surface area (Å²) in [4.78, 5) is 32.0. The Kier molecular flexibility index (Phi) is 5.47. The van der Waals surface area contributed by atoms with Crippen LogP contribution in [0.2, 0.25) is 0 Å². The van der Waals surface area contributed by atoms with Crippen LogP contribution in [0.1, 0.15) is 36.1 Å². The molecule has 0 radical (unpaired) electrons. The first-order valence-electron chi connectivity index (χ1n) is 8.15. The van der Waals surface area contributed by atoms with Gasteiger partial charge in [-0.1, -0.05) is 18.5 Å². The molecule has 3 rings (SSSR count). The van der Waals surface area contributed by atoms with E-state index in [1.54, 1.807) is 24.5 Å². The summed E-state index contributed by atoms with van der Waals surface area (Å²) >= 11 is 0. The van der Waals surface area contributed by atoms with Crippen LogP contribution in [0.5, 0.6) is 0 Å². The number of nitrogens with zero attached hydrogens (tertiary/aromatic N) is 5. The molecule has 0 unspecified atom stereocenters. The molecule has 0 aliphatic carbocycles. The third kappa shape index (κ3) is 4.18. The van der Waals surface area contributed by atoms with Crippen LogP contribution in [-0.2, 0) is 17.9 Å². The van der Waals surface area contributed by atoms with Gasteiger partial charge in [0.25, 0.3) is 11.4 Å². The SMILES string of the molecule is CCCCn1nc(C(=O)OCc2nc(-c3cccnc3)no2)ccc1=O. The van der Waals surface area contributed by atoms with E-state index in [1.165, 1.54) is 16.8 Å². The number of ether oxygens (including phenoxy) is 1. The summed E-state index contributed by atoms with van der Waals surface area (Å²) in [6.07, 6.45) is 4.95. The van der Waals surface area contributed by atoms with Crippen LogP contribution in [0.15, 0.2) is 46.0 Å². The summed E-state index contributed by atoms with van der Waals surface area (Å²) in [7, 11) is 0. The Morgan fingerprint density at radius 1 is 1.31 bits per heavy atom. The molecule has 3 heterocycles. The topological polar surface area (TPSA) is 113 Å². The molecule has 0 atom stereocenters. The first-order chi connectivity index (χ1) is 12.7. The molecule has 0 saturated heterocycles. The van der Waals surface area contributed by atoms with Crippen molar-refractivity contribution in [3.05, 3.63) is 58.6 Å². The van der Waals surface area contributed by atoms with Gasteiger partial charge in [-0.15, -0.1) is 0 Å². The van der Waals surface area contributed by atoms with Crippen LogP contribution in [0, 0.1) is 0 Å². The lowest BCUT2D eigenvalue weighted by Gasteiger charge is -2.05. The van der Waals surface area contributed by atoms with Crippen molar-refractivity contribution in [2.75, 3.05) is 0 Å². The van der Waals surface area contributed by atoms with Gasteiger partial charge in [0, 0.05) is 30.6 Å². The van der Waals surface area contributed by atoms with Crippen molar-refractivity contribution < 1.29 is 14.1 Å². The monoisotopic (exact) mass is 355 g/mol. The molecular weight excluding hydrogens is 338 g/mol. The Balaban J connectivity index is 1.64. The predicted octanol–water partition coefficient (Wildman–Crippen LogP) is 1.85. The molecule has 0 saturated carbocycles. The average molecular weight is 355 g/mol. The number of unbranched alkanes of at least 4 members (excludes halogenated alkanes) is 1. The Labute approximate surface area is 148 Å². The van der Waals surface area contributed by atoms with Crippen LogP contribution in [0.4, 0.5) is 0 Å². The van der Waals surface area contributed by atoms with E-state index in [0.29, 0.717) is 17.9 Å². The average Bonchev–Trinajstić information content (AvgIpc) is 3.15. The Bertz CT molecular complexity index is 936. The fraction of sp³-hybridized carbons (Fsp3) is 0.294. The number of carbonyl (C=O) groups is 1. The molecule has 0 amide bonds. The van der Waals surface area contributed by atoms with Gasteiger partial charge in [0.05, 0.1) is 0 Å². The standard InChI is InChI=1S/C17H17N5O4/c1-2-3-9-22-15(23)7-6-13(20-22)17(24)25-11-14-19-16(21-26-14)12-5-4-8-18-10-12/h4-8,10H,2-3,9,11H2,1H3. The highest BCUT2D eigenvalue weighted by atomic mass is 16.6. The van der Waals surface area contributed by atoms with Gasteiger partial charge in [-0.05, 0) is 24.6 Å². The highest BCUT2D eigenvalue weighted by Crippen LogP contribution is 2.14. The van der Waals surface area contributed by atoms with E-state index in [0.717, 1.165) is 12.8 Å². The lowest BCUT2D eigenvalue weighted by atomic mass is 10.3. The molecular formula is C17H17N5O4. The molecule has 0 spiro atoms. The number of hydrogen-bond acceptors (Lipinski definition) is 8. The van der Waals surface area contributed by atoms with Crippen molar-refractivity contribution in [3.8, 4) is 11.4 Å². The van der Waals surface area contributed by atoms with Gasteiger partial charge in [0.1, 0.15) is 0 Å². The summed E-state index contributed by atoms with van der Waals surface area (Å²) < 4.78 is 11.5. The lowest BCUT2D eigenvalue weighted by Crippen LogP contribution is -2.25. The van der Waals surface area contributed by atoms with E-state index in [4.69, 9.17) is 9.26 Å². The van der Waals surface area contributed by atoms with Gasteiger partial charge in [-0.2, -0.15) is 10.1 Å². The summed E-state index contributed by atoms with van der Waals surface area (Å²) in [6.45, 7) is 2.27. The van der Waals surface area contributed by atoms with Gasteiger partial charge in [0.15, 0.2) is 12.3 Å². The molecule has 0 bridgehead atoms. The molecule has 3 aromatic rings. The Morgan fingerprint density at radius 2 is 2.19 bits per heavy atom. The highest BCUT2D eigenvalue weighted by Gasteiger charge is 2.14. The summed E-state index contributed by atoms with van der Waals surface area (Å²) in [5, 5.41) is 7.85. The summed E-state index contributed by atoms with van der Waals surface area (Å²) in [5.41, 5.74) is 0.485. The highest BCUT2D eigenvalue weighted by molar-refractivity contribution is 5.86. The zero-order valence-electron chi connectivity index (χ0n) is 14.2. The normalized spacial score (nSPS) is 10.7. The quantitative estimate of drug-likeness (QED) is 0.590. The first kappa shape index (κ1) is 17.5.